The molecule has 6 rings (SSSR count). The second-order valence-electron chi connectivity index (χ2n) is 15.9. The summed E-state index contributed by atoms with van der Waals surface area (Å²) < 4.78 is 343. The average Bonchev–Trinajstić information content (AvgIpc) is 3.27. The fraction of sp³-hybridized carbons (Fsp3) is 0.196. The summed E-state index contributed by atoms with van der Waals surface area (Å²) in [6.45, 7) is 3.96. The molecule has 0 spiro atoms. The maximum atomic E-state index is 14.2. The van der Waals surface area contributed by atoms with E-state index < -0.39 is 195 Å². The molecule has 0 saturated heterocycles. The molecule has 396 valence electrons. The maximum Gasteiger partial charge on any atom is 0.416 e. The van der Waals surface area contributed by atoms with Crippen LogP contribution in [0.25, 0.3) is 6.08 Å². The van der Waals surface area contributed by atoms with Gasteiger partial charge in [-0.3, -0.25) is 4.79 Å². The van der Waals surface area contributed by atoms with Crippen molar-refractivity contribution < 1.29 is 115 Å². The first-order chi connectivity index (χ1) is 33.6. The number of benzene rings is 5. The molecule has 3 nitrogen and oxygen atoms in total. The standard InChI is InChI=1S/C32H12BF24.C14H13N2O/c34-25(35,36)13-1-14(26(37,38)39)6-21(5-13)33(22-7-15(27(40,41)42)2-16(8-22)28(43,44)45,23-9-17(29(46,47)48)3-18(10-23)30(49,50)51)24-11-19(31(52,53)54)4-20(12-24)32(55,56)57;1-2-13-10-16(9-8-15-13)11-14(17)12-6-4-3-5-7-12/h1-12H;2-10H,1,11H2/q-1;+1. The number of hydrogen-bond donors (Lipinski definition) is 0. The van der Waals surface area contributed by atoms with E-state index in [1.807, 2.05) is 30.3 Å². The van der Waals surface area contributed by atoms with Crippen molar-refractivity contribution in [2.24, 2.45) is 0 Å². The van der Waals surface area contributed by atoms with E-state index in [1.54, 1.807) is 29.2 Å². The van der Waals surface area contributed by atoms with Gasteiger partial charge in [-0.05, 0) is 30.3 Å². The molecule has 0 amide bonds. The van der Waals surface area contributed by atoms with Crippen LogP contribution in [0, 0.1) is 0 Å². The molecule has 6 aromatic rings. The number of halogens is 24. The van der Waals surface area contributed by atoms with Crippen molar-refractivity contribution in [2.45, 2.75) is 56.0 Å². The summed E-state index contributed by atoms with van der Waals surface area (Å²) in [7, 11) is 0. The SMILES string of the molecule is C=Cc1c[n+](CC(=O)c2ccccc2)ccn1.FC(F)(F)c1cc([B-](c2cc(C(F)(F)F)cc(C(F)(F)F)c2)(c2cc(C(F)(F)F)cc(C(F)(F)F)c2)c2cc(C(F)(F)F)cc(C(F)(F)F)c2)cc(C(F)(F)F)c1. The Morgan fingerprint density at radius 1 is 0.432 bits per heavy atom. The van der Waals surface area contributed by atoms with Crippen LogP contribution in [0.2, 0.25) is 0 Å². The lowest BCUT2D eigenvalue weighted by atomic mass is 9.12. The third-order valence-electron chi connectivity index (χ3n) is 10.9. The molecule has 74 heavy (non-hydrogen) atoms. The highest BCUT2D eigenvalue weighted by Crippen LogP contribution is 2.41. The summed E-state index contributed by atoms with van der Waals surface area (Å²) in [6.07, 6.45) is -47.9. The highest BCUT2D eigenvalue weighted by molar-refractivity contribution is 7.20. The zero-order valence-corrected chi connectivity index (χ0v) is 36.0. The van der Waals surface area contributed by atoms with Gasteiger partial charge in [-0.2, -0.15) is 132 Å². The lowest BCUT2D eigenvalue weighted by Crippen LogP contribution is -2.75. The number of carbonyl (C=O) groups is 1. The van der Waals surface area contributed by atoms with Crippen LogP contribution in [0.3, 0.4) is 0 Å². The molecule has 1 heterocycles. The van der Waals surface area contributed by atoms with Crippen molar-refractivity contribution in [3.63, 3.8) is 0 Å². The minimum absolute atomic E-state index is 0.0804. The largest absolute Gasteiger partial charge is 0.416 e. The normalized spacial score (nSPS) is 13.3. The Labute approximate surface area is 399 Å². The van der Waals surface area contributed by atoms with Crippen molar-refractivity contribution in [3.8, 4) is 0 Å². The molecule has 0 aliphatic carbocycles. The topological polar surface area (TPSA) is 33.8 Å². The van der Waals surface area contributed by atoms with Crippen molar-refractivity contribution in [1.82, 2.24) is 4.98 Å². The Hall–Kier alpha value is -7.03. The lowest BCUT2D eigenvalue weighted by molar-refractivity contribution is -0.683. The predicted octanol–water partition coefficient (Wildman–Crippen LogP) is 13.1. The first-order valence-electron chi connectivity index (χ1n) is 20.0. The molecule has 1 aromatic heterocycles. The van der Waals surface area contributed by atoms with Crippen molar-refractivity contribution in [1.29, 1.82) is 0 Å². The van der Waals surface area contributed by atoms with E-state index in [0.717, 1.165) is 11.3 Å². The van der Waals surface area contributed by atoms with Gasteiger partial charge in [0.05, 0.1) is 50.7 Å². The highest BCUT2D eigenvalue weighted by Gasteiger charge is 2.47. The molecule has 28 heteroatoms. The first kappa shape index (κ1) is 57.9. The van der Waals surface area contributed by atoms with E-state index in [2.05, 4.69) is 11.6 Å². The van der Waals surface area contributed by atoms with Gasteiger partial charge in [0.1, 0.15) is 11.8 Å². The van der Waals surface area contributed by atoms with Gasteiger partial charge in [0.25, 0.3) is 0 Å². The number of Topliss-reactive ketones (excluding diaryl/α,β-unsaturated/α-hetero) is 1. The molecule has 0 aliphatic heterocycles. The predicted molar refractivity (Wildman–Crippen MR) is 215 cm³/mol. The maximum absolute atomic E-state index is 14.2. The molecule has 0 bridgehead atoms. The van der Waals surface area contributed by atoms with Crippen LogP contribution in [-0.4, -0.2) is 16.9 Å². The zero-order chi connectivity index (χ0) is 56.0. The Kier molecular flexibility index (Phi) is 15.7. The summed E-state index contributed by atoms with van der Waals surface area (Å²) in [6, 6.07) is 0.442. The van der Waals surface area contributed by atoms with E-state index in [9.17, 15) is 110 Å². The average molecular weight is 1090 g/mol. The fourth-order valence-corrected chi connectivity index (χ4v) is 7.61. The molecule has 0 atom stereocenters. The Balaban J connectivity index is 0.000000500. The number of hydrogen-bond acceptors (Lipinski definition) is 2. The number of aromatic nitrogens is 2. The summed E-state index contributed by atoms with van der Waals surface area (Å²) in [4.78, 5) is 16.0. The summed E-state index contributed by atoms with van der Waals surface area (Å²) >= 11 is 0. The number of alkyl halides is 24. The van der Waals surface area contributed by atoms with E-state index in [0.29, 0.717) is 6.54 Å². The molecule has 5 aromatic carbocycles. The molecule has 0 fully saturated rings. The van der Waals surface area contributed by atoms with Gasteiger partial charge in [0.15, 0.2) is 12.4 Å². The molecule has 0 saturated carbocycles. The summed E-state index contributed by atoms with van der Waals surface area (Å²) in [5, 5.41) is 0. The van der Waals surface area contributed by atoms with Gasteiger partial charge in [0, 0.05) is 5.56 Å². The smallest absolute Gasteiger partial charge is 0.287 e. The third kappa shape index (κ3) is 13.4. The monoisotopic (exact) mass is 1090 g/mol. The number of ketones is 1. The second kappa shape index (κ2) is 20.0. The number of carbonyl (C=O) groups excluding carboxylic acids is 1. The van der Waals surface area contributed by atoms with Gasteiger partial charge in [-0.25, -0.2) is 4.98 Å². The van der Waals surface area contributed by atoms with Crippen LogP contribution < -0.4 is 26.4 Å². The van der Waals surface area contributed by atoms with E-state index in [1.165, 1.54) is 0 Å². The van der Waals surface area contributed by atoms with Gasteiger partial charge in [0.2, 0.25) is 12.3 Å². The van der Waals surface area contributed by atoms with Gasteiger partial charge in [-0.1, -0.05) is 85.4 Å². The number of rotatable bonds is 8. The zero-order valence-electron chi connectivity index (χ0n) is 36.0. The van der Waals surface area contributed by atoms with E-state index in [-0.39, 0.29) is 5.78 Å². The van der Waals surface area contributed by atoms with Crippen LogP contribution in [0.4, 0.5) is 105 Å². The highest BCUT2D eigenvalue weighted by atomic mass is 19.4. The molecular weight excluding hydrogens is 1060 g/mol. The van der Waals surface area contributed by atoms with Gasteiger partial charge < -0.3 is 0 Å². The quantitative estimate of drug-likeness (QED) is 0.0659. The minimum atomic E-state index is -6.13. The summed E-state index contributed by atoms with van der Waals surface area (Å²) in [5.41, 5.74) is -28.7. The third-order valence-corrected chi connectivity index (χ3v) is 10.9. The van der Waals surface area contributed by atoms with Crippen molar-refractivity contribution in [3.05, 3.63) is 184 Å². The lowest BCUT2D eigenvalue weighted by Gasteiger charge is -2.46. The Morgan fingerprint density at radius 3 is 0.919 bits per heavy atom. The summed E-state index contributed by atoms with van der Waals surface area (Å²) in [5.74, 6) is 0.0804. The second-order valence-corrected chi connectivity index (χ2v) is 15.9. The molecule has 0 N–H and O–H groups in total. The number of nitrogens with zero attached hydrogens (tertiary/aromatic N) is 2. The van der Waals surface area contributed by atoms with Crippen molar-refractivity contribution in [2.75, 3.05) is 0 Å². The molecule has 0 aliphatic rings. The minimum Gasteiger partial charge on any atom is -0.287 e. The van der Waals surface area contributed by atoms with Crippen LogP contribution >= 0.6 is 0 Å². The fourth-order valence-electron chi connectivity index (χ4n) is 7.61. The van der Waals surface area contributed by atoms with E-state index >= 15 is 0 Å². The van der Waals surface area contributed by atoms with E-state index in [4.69, 9.17) is 0 Å². The molecule has 0 unspecified atom stereocenters. The van der Waals surface area contributed by atoms with Crippen LogP contribution in [0.5, 0.6) is 0 Å². The van der Waals surface area contributed by atoms with Crippen LogP contribution in [0.1, 0.15) is 60.6 Å². The molecular formula is C46H25BF24N2O. The van der Waals surface area contributed by atoms with Crippen LogP contribution in [0.15, 0.2) is 128 Å². The van der Waals surface area contributed by atoms with Crippen molar-refractivity contribution >= 4 is 39.9 Å². The van der Waals surface area contributed by atoms with Crippen LogP contribution in [-0.2, 0) is 56.0 Å². The Bertz CT molecular complexity index is 2580. The Morgan fingerprint density at radius 2 is 0.689 bits per heavy atom. The van der Waals surface area contributed by atoms with Gasteiger partial charge in [-0.15, -0.1) is 0 Å². The first-order valence-corrected chi connectivity index (χ1v) is 20.0. The van der Waals surface area contributed by atoms with Gasteiger partial charge >= 0.3 is 49.4 Å². The molecule has 0 radical (unpaired) electrons.